The van der Waals surface area contributed by atoms with Gasteiger partial charge in [-0.3, -0.25) is 4.79 Å². The minimum Gasteiger partial charge on any atom is -0.463 e. The van der Waals surface area contributed by atoms with Crippen LogP contribution in [0.1, 0.15) is 26.7 Å². The van der Waals surface area contributed by atoms with Crippen LogP contribution in [0.5, 0.6) is 0 Å². The maximum absolute atomic E-state index is 12.7. The molecule has 0 amide bonds. The normalized spacial score (nSPS) is 15.9. The third-order valence-electron chi connectivity index (χ3n) is 4.23. The minimum absolute atomic E-state index is 0.220. The van der Waals surface area contributed by atoms with E-state index in [1.165, 1.54) is 0 Å². The summed E-state index contributed by atoms with van der Waals surface area (Å²) in [6.45, 7) is 4.98. The first-order valence-corrected chi connectivity index (χ1v) is 12.0. The molecule has 0 unspecified atom stereocenters. The largest absolute Gasteiger partial charge is 0.463 e. The van der Waals surface area contributed by atoms with Gasteiger partial charge in [-0.15, -0.1) is 0 Å². The number of ether oxygens (including phenoxy) is 3. The summed E-state index contributed by atoms with van der Waals surface area (Å²) in [6.07, 6.45) is 1.80. The lowest BCUT2D eigenvalue weighted by Gasteiger charge is -2.37. The van der Waals surface area contributed by atoms with Gasteiger partial charge in [0.25, 0.3) is 0 Å². The lowest BCUT2D eigenvalue weighted by atomic mass is 9.83. The Kier molecular flexibility index (Phi) is 11.3. The number of rotatable bonds is 9. The van der Waals surface area contributed by atoms with Crippen LogP contribution in [-0.4, -0.2) is 57.3 Å². The number of carbonyl (C=O) groups is 3. The molecule has 27 heavy (non-hydrogen) atoms. The van der Waals surface area contributed by atoms with E-state index in [0.717, 1.165) is 25.9 Å². The monoisotopic (exact) mass is 641 g/mol. The topological polar surface area (TPSA) is 90.9 Å². The third kappa shape index (κ3) is 9.10. The number of piperidine rings is 1. The molecule has 1 N–H and O–H groups in total. The van der Waals surface area contributed by atoms with E-state index in [1.807, 2.05) is 13.8 Å². The minimum atomic E-state index is -0.920. The summed E-state index contributed by atoms with van der Waals surface area (Å²) in [5.74, 6) is -2.44. The summed E-state index contributed by atoms with van der Waals surface area (Å²) >= 11 is 12.1. The Morgan fingerprint density at radius 3 is 1.78 bits per heavy atom. The van der Waals surface area contributed by atoms with Gasteiger partial charge in [-0.1, -0.05) is 63.7 Å². The molecular weight excluding hydrogens is 622 g/mol. The summed E-state index contributed by atoms with van der Waals surface area (Å²) in [4.78, 5) is 36.0. The van der Waals surface area contributed by atoms with Gasteiger partial charge in [0.2, 0.25) is 0 Å². The van der Waals surface area contributed by atoms with Crippen molar-refractivity contribution in [1.29, 1.82) is 0 Å². The molecule has 0 spiro atoms. The average molecular weight is 645 g/mol. The van der Waals surface area contributed by atoms with Crippen molar-refractivity contribution >= 4 is 81.6 Å². The summed E-state index contributed by atoms with van der Waals surface area (Å²) < 4.78 is 14.5. The molecule has 1 fully saturated rings. The zero-order valence-corrected chi connectivity index (χ0v) is 21.4. The SMILES string of the molecule is CC(C)(OC(=O)C(COC(=O)C(Br)Br)COC(=O)C(Br)Br)C1CCNCC1. The molecular formula is C16H23Br4NO6. The number of esters is 3. The summed E-state index contributed by atoms with van der Waals surface area (Å²) in [5, 5.41) is 3.28. The van der Waals surface area contributed by atoms with Crippen LogP contribution in [0.4, 0.5) is 0 Å². The van der Waals surface area contributed by atoms with Crippen LogP contribution < -0.4 is 5.32 Å². The number of alkyl halides is 4. The molecule has 1 heterocycles. The second kappa shape index (κ2) is 12.1. The average Bonchev–Trinajstić information content (AvgIpc) is 2.61. The van der Waals surface area contributed by atoms with E-state index in [-0.39, 0.29) is 19.1 Å². The van der Waals surface area contributed by atoms with Gasteiger partial charge in [-0.2, -0.15) is 0 Å². The second-order valence-electron chi connectivity index (χ2n) is 6.61. The summed E-state index contributed by atoms with van der Waals surface area (Å²) in [7, 11) is 0. The first kappa shape index (κ1) is 25.3. The number of carbonyl (C=O) groups excluding carboxylic acids is 3. The van der Waals surface area contributed by atoms with E-state index in [1.54, 1.807) is 0 Å². The van der Waals surface area contributed by atoms with E-state index >= 15 is 0 Å². The maximum atomic E-state index is 12.7. The Hall–Kier alpha value is 0.290. The van der Waals surface area contributed by atoms with Crippen molar-refractivity contribution in [3.63, 3.8) is 0 Å². The smallest absolute Gasteiger partial charge is 0.330 e. The highest BCUT2D eigenvalue weighted by Crippen LogP contribution is 2.30. The van der Waals surface area contributed by atoms with Crippen molar-refractivity contribution in [2.24, 2.45) is 11.8 Å². The molecule has 0 atom stereocenters. The standard InChI is InChI=1S/C16H23Br4NO6/c1-16(2,10-3-5-21-6-4-10)27-13(22)9(7-25-14(23)11(17)18)8-26-15(24)12(19)20/h9-12,21H,3-8H2,1-2H3. The van der Waals surface area contributed by atoms with Crippen molar-refractivity contribution in [2.45, 2.75) is 39.8 Å². The third-order valence-corrected chi connectivity index (χ3v) is 5.72. The maximum Gasteiger partial charge on any atom is 0.330 e. The van der Waals surface area contributed by atoms with Crippen molar-refractivity contribution in [2.75, 3.05) is 26.3 Å². The van der Waals surface area contributed by atoms with Gasteiger partial charge < -0.3 is 19.5 Å². The lowest BCUT2D eigenvalue weighted by molar-refractivity contribution is -0.174. The number of nitrogens with one attached hydrogen (secondary N) is 1. The number of hydrogen-bond acceptors (Lipinski definition) is 7. The Morgan fingerprint density at radius 2 is 1.37 bits per heavy atom. The van der Waals surface area contributed by atoms with E-state index in [9.17, 15) is 14.4 Å². The van der Waals surface area contributed by atoms with E-state index in [0.29, 0.717) is 0 Å². The van der Waals surface area contributed by atoms with Gasteiger partial charge in [0.15, 0.2) is 7.47 Å². The highest BCUT2D eigenvalue weighted by Gasteiger charge is 2.37. The zero-order chi connectivity index (χ0) is 20.6. The van der Waals surface area contributed by atoms with E-state index < -0.39 is 36.9 Å². The number of halogens is 4. The first-order chi connectivity index (χ1) is 12.5. The lowest BCUT2D eigenvalue weighted by Crippen LogP contribution is -2.44. The highest BCUT2D eigenvalue weighted by molar-refractivity contribution is 9.25. The second-order valence-corrected chi connectivity index (χ2v) is 12.7. The zero-order valence-electron chi connectivity index (χ0n) is 15.0. The van der Waals surface area contributed by atoms with Crippen molar-refractivity contribution in [3.8, 4) is 0 Å². The molecule has 11 heteroatoms. The fraction of sp³-hybridized carbons (Fsp3) is 0.812. The highest BCUT2D eigenvalue weighted by atomic mass is 79.9. The Labute approximate surface area is 192 Å². The summed E-state index contributed by atoms with van der Waals surface area (Å²) in [6, 6.07) is 0. The molecule has 0 saturated carbocycles. The first-order valence-electron chi connectivity index (χ1n) is 8.37. The predicted octanol–water partition coefficient (Wildman–Crippen LogP) is 3.24. The van der Waals surface area contributed by atoms with Gasteiger partial charge in [-0.25, -0.2) is 9.59 Å². The van der Waals surface area contributed by atoms with E-state index in [4.69, 9.17) is 14.2 Å². The predicted molar refractivity (Wildman–Crippen MR) is 114 cm³/mol. The van der Waals surface area contributed by atoms with Crippen LogP contribution >= 0.6 is 63.7 Å². The van der Waals surface area contributed by atoms with Gasteiger partial charge in [0.05, 0.1) is 0 Å². The fourth-order valence-corrected chi connectivity index (χ4v) is 3.15. The molecule has 156 valence electrons. The van der Waals surface area contributed by atoms with Crippen LogP contribution in [-0.2, 0) is 28.6 Å². The molecule has 0 aliphatic carbocycles. The fourth-order valence-electron chi connectivity index (χ4n) is 2.62. The van der Waals surface area contributed by atoms with Gasteiger partial charge in [0, 0.05) is 5.92 Å². The molecule has 0 bridgehead atoms. The molecule has 1 saturated heterocycles. The molecule has 1 aliphatic heterocycles. The Morgan fingerprint density at radius 1 is 0.926 bits per heavy atom. The van der Waals surface area contributed by atoms with Crippen LogP contribution in [0.2, 0.25) is 0 Å². The van der Waals surface area contributed by atoms with E-state index in [2.05, 4.69) is 69.0 Å². The molecule has 1 aliphatic rings. The molecule has 1 rings (SSSR count). The van der Waals surface area contributed by atoms with Gasteiger partial charge >= 0.3 is 17.9 Å². The van der Waals surface area contributed by atoms with Crippen molar-refractivity contribution in [3.05, 3.63) is 0 Å². The molecule has 0 radical (unpaired) electrons. The van der Waals surface area contributed by atoms with Crippen LogP contribution in [0.15, 0.2) is 0 Å². The molecule has 0 aromatic rings. The molecule has 0 aromatic heterocycles. The van der Waals surface area contributed by atoms with Crippen LogP contribution in [0.3, 0.4) is 0 Å². The van der Waals surface area contributed by atoms with Gasteiger partial charge in [-0.05, 0) is 39.8 Å². The Bertz CT molecular complexity index is 499. The quantitative estimate of drug-likeness (QED) is 0.234. The summed E-state index contributed by atoms with van der Waals surface area (Å²) in [5.41, 5.74) is -0.674. The Balaban J connectivity index is 2.74. The van der Waals surface area contributed by atoms with Crippen LogP contribution in [0.25, 0.3) is 0 Å². The molecule has 0 aromatic carbocycles. The van der Waals surface area contributed by atoms with Crippen molar-refractivity contribution < 1.29 is 28.6 Å². The van der Waals surface area contributed by atoms with Crippen LogP contribution in [0, 0.1) is 11.8 Å². The van der Waals surface area contributed by atoms with Crippen molar-refractivity contribution in [1.82, 2.24) is 5.32 Å². The van der Waals surface area contributed by atoms with Gasteiger partial charge in [0.1, 0.15) is 24.7 Å². The number of hydrogen-bond donors (Lipinski definition) is 1. The molecule has 7 nitrogen and oxygen atoms in total.